The predicted octanol–water partition coefficient (Wildman–Crippen LogP) is 7.41. The first-order valence-electron chi connectivity index (χ1n) is 12.7. The van der Waals surface area contributed by atoms with Crippen LogP contribution in [0.1, 0.15) is 42.9 Å². The molecule has 0 amide bonds. The monoisotopic (exact) mass is 467 g/mol. The predicted molar refractivity (Wildman–Crippen MR) is 154 cm³/mol. The smallest absolute Gasteiger partial charge is 0.0437 e. The molecule has 0 aromatic heterocycles. The van der Waals surface area contributed by atoms with Crippen molar-refractivity contribution in [2.24, 2.45) is 5.92 Å². The van der Waals surface area contributed by atoms with Crippen LogP contribution in [0.25, 0.3) is 11.4 Å². The third kappa shape index (κ3) is 7.02. The lowest BCUT2D eigenvalue weighted by molar-refractivity contribution is 0.224. The maximum Gasteiger partial charge on any atom is 0.0437 e. The lowest BCUT2D eigenvalue weighted by atomic mass is 9.93. The molecule has 0 atom stereocenters. The molecule has 1 saturated heterocycles. The molecule has 184 valence electrons. The van der Waals surface area contributed by atoms with Gasteiger partial charge >= 0.3 is 0 Å². The molecule has 0 saturated carbocycles. The normalized spacial score (nSPS) is 14.7. The van der Waals surface area contributed by atoms with Gasteiger partial charge in [-0.05, 0) is 80.0 Å². The Bertz CT molecular complexity index is 1080. The molecule has 35 heavy (non-hydrogen) atoms. The summed E-state index contributed by atoms with van der Waals surface area (Å²) in [6.07, 6.45) is 11.9. The molecule has 1 heterocycles. The second-order valence-electron chi connectivity index (χ2n) is 9.32. The van der Waals surface area contributed by atoms with E-state index in [4.69, 9.17) is 0 Å². The Morgan fingerprint density at radius 3 is 2.49 bits per heavy atom. The summed E-state index contributed by atoms with van der Waals surface area (Å²) in [5, 5.41) is 3.57. The number of hydrogen-bond acceptors (Lipinski definition) is 3. The highest BCUT2D eigenvalue weighted by Gasteiger charge is 2.19. The Morgan fingerprint density at radius 1 is 1.09 bits per heavy atom. The van der Waals surface area contributed by atoms with Crippen LogP contribution < -0.4 is 10.2 Å². The molecular weight excluding hydrogens is 426 g/mol. The third-order valence-corrected chi connectivity index (χ3v) is 6.92. The maximum absolute atomic E-state index is 4.37. The average Bonchev–Trinajstić information content (AvgIpc) is 2.88. The zero-order valence-corrected chi connectivity index (χ0v) is 21.8. The highest BCUT2D eigenvalue weighted by molar-refractivity contribution is 5.80. The van der Waals surface area contributed by atoms with Crippen LogP contribution in [-0.4, -0.2) is 31.6 Å². The molecule has 1 aliphatic heterocycles. The Labute approximate surface area is 212 Å². The fourth-order valence-electron chi connectivity index (χ4n) is 4.73. The van der Waals surface area contributed by atoms with E-state index < -0.39 is 0 Å². The zero-order chi connectivity index (χ0) is 25.2. The lowest BCUT2D eigenvalue weighted by Crippen LogP contribution is -2.33. The number of hydrogen-bond donors (Lipinski definition) is 1. The molecule has 3 rings (SSSR count). The third-order valence-electron chi connectivity index (χ3n) is 6.92. The van der Waals surface area contributed by atoms with E-state index >= 15 is 0 Å². The van der Waals surface area contributed by atoms with Gasteiger partial charge in [-0.25, -0.2) is 0 Å². The minimum atomic E-state index is 0.746. The van der Waals surface area contributed by atoms with E-state index in [1.54, 1.807) is 0 Å². The van der Waals surface area contributed by atoms with Crippen molar-refractivity contribution < 1.29 is 0 Å². The van der Waals surface area contributed by atoms with E-state index in [-0.39, 0.29) is 0 Å². The fraction of sp³-hybridized carbons (Fsp3) is 0.312. The molecule has 0 unspecified atom stereocenters. The lowest BCUT2D eigenvalue weighted by Gasteiger charge is -2.34. The van der Waals surface area contributed by atoms with Crippen LogP contribution in [0.2, 0.25) is 0 Å². The van der Waals surface area contributed by atoms with Crippen molar-refractivity contribution in [3.63, 3.8) is 0 Å². The summed E-state index contributed by atoms with van der Waals surface area (Å²) < 4.78 is 0. The highest BCUT2D eigenvalue weighted by atomic mass is 15.1. The number of para-hydroxylation sites is 1. The van der Waals surface area contributed by atoms with E-state index in [2.05, 4.69) is 123 Å². The molecule has 1 fully saturated rings. The Hall–Kier alpha value is -3.46. The molecular formula is C32H41N3. The second-order valence-corrected chi connectivity index (χ2v) is 9.32. The number of aryl methyl sites for hydroxylation is 1. The maximum atomic E-state index is 4.37. The summed E-state index contributed by atoms with van der Waals surface area (Å²) in [5.41, 5.74) is 7.84. The van der Waals surface area contributed by atoms with Crippen molar-refractivity contribution >= 4 is 17.1 Å². The molecule has 3 heteroatoms. The van der Waals surface area contributed by atoms with E-state index in [1.807, 2.05) is 6.08 Å². The average molecular weight is 468 g/mol. The standard InChI is InChI=1S/C32H41N3/c1-7-12-31(13-8-2)35-22-19-28(20-23-35)18-21-33-26(4)29-15-11-16-30(24-29)27(5)34(6)32-17-10-9-14-25(32)3/h7-17,24,28,33H,1,4-5,18-23H2,2-3,6H3/b13-8-,31-12+. The quantitative estimate of drug-likeness (QED) is 0.347. The van der Waals surface area contributed by atoms with Gasteiger partial charge in [0, 0.05) is 49.5 Å². The van der Waals surface area contributed by atoms with Crippen LogP contribution in [0.3, 0.4) is 0 Å². The van der Waals surface area contributed by atoms with Gasteiger partial charge in [0.2, 0.25) is 0 Å². The van der Waals surface area contributed by atoms with Gasteiger partial charge in [0.1, 0.15) is 0 Å². The Balaban J connectivity index is 1.51. The van der Waals surface area contributed by atoms with Crippen molar-refractivity contribution in [2.75, 3.05) is 31.6 Å². The summed E-state index contributed by atoms with van der Waals surface area (Å²) in [4.78, 5) is 4.62. The largest absolute Gasteiger partial charge is 0.385 e. The van der Waals surface area contributed by atoms with Crippen LogP contribution in [0.15, 0.2) is 98.3 Å². The van der Waals surface area contributed by atoms with Crippen molar-refractivity contribution in [1.82, 2.24) is 10.2 Å². The second kappa shape index (κ2) is 12.9. The van der Waals surface area contributed by atoms with Crippen LogP contribution in [0, 0.1) is 12.8 Å². The van der Waals surface area contributed by atoms with Crippen LogP contribution in [-0.2, 0) is 0 Å². The summed E-state index contributed by atoms with van der Waals surface area (Å²) in [6.45, 7) is 19.9. The molecule has 3 nitrogen and oxygen atoms in total. The molecule has 1 N–H and O–H groups in total. The van der Waals surface area contributed by atoms with Crippen molar-refractivity contribution in [1.29, 1.82) is 0 Å². The molecule has 0 spiro atoms. The van der Waals surface area contributed by atoms with Crippen LogP contribution in [0.4, 0.5) is 5.69 Å². The number of nitrogens with zero attached hydrogens (tertiary/aromatic N) is 2. The van der Waals surface area contributed by atoms with Gasteiger partial charge in [0.05, 0.1) is 0 Å². The van der Waals surface area contributed by atoms with Gasteiger partial charge in [-0.3, -0.25) is 0 Å². The van der Waals surface area contributed by atoms with Crippen LogP contribution >= 0.6 is 0 Å². The molecule has 2 aromatic carbocycles. The van der Waals surface area contributed by atoms with Crippen molar-refractivity contribution in [2.45, 2.75) is 33.1 Å². The fourth-order valence-corrected chi connectivity index (χ4v) is 4.73. The van der Waals surface area contributed by atoms with Crippen molar-refractivity contribution in [3.8, 4) is 0 Å². The minimum Gasteiger partial charge on any atom is -0.385 e. The highest BCUT2D eigenvalue weighted by Crippen LogP contribution is 2.28. The van der Waals surface area contributed by atoms with Gasteiger partial charge in [0.25, 0.3) is 0 Å². The summed E-state index contributed by atoms with van der Waals surface area (Å²) in [7, 11) is 2.07. The summed E-state index contributed by atoms with van der Waals surface area (Å²) in [6, 6.07) is 16.9. The molecule has 1 aliphatic rings. The first-order valence-corrected chi connectivity index (χ1v) is 12.7. The SMILES string of the molecule is C=C/C=C(\C=C/C)N1CCC(CCNC(=C)c2cccc(C(=C)N(C)c3ccccc3C)c2)CC1. The van der Waals surface area contributed by atoms with E-state index in [0.717, 1.165) is 48.1 Å². The first kappa shape index (κ1) is 26.2. The molecule has 2 aromatic rings. The van der Waals surface area contributed by atoms with Gasteiger partial charge in [-0.15, -0.1) is 0 Å². The number of allylic oxidation sites excluding steroid dienone is 4. The van der Waals surface area contributed by atoms with Crippen LogP contribution in [0.5, 0.6) is 0 Å². The Kier molecular flexibility index (Phi) is 9.60. The summed E-state index contributed by atoms with van der Waals surface area (Å²) in [5.74, 6) is 0.746. The van der Waals surface area contributed by atoms with Gasteiger partial charge < -0.3 is 15.1 Å². The molecule has 0 radical (unpaired) electrons. The number of rotatable bonds is 11. The van der Waals surface area contributed by atoms with E-state index in [0.29, 0.717) is 0 Å². The van der Waals surface area contributed by atoms with Gasteiger partial charge in [-0.1, -0.05) is 68.3 Å². The Morgan fingerprint density at radius 2 is 1.80 bits per heavy atom. The first-order chi connectivity index (χ1) is 16.9. The van der Waals surface area contributed by atoms with Gasteiger partial charge in [0.15, 0.2) is 0 Å². The number of likely N-dealkylation sites (tertiary alicyclic amines) is 1. The number of anilines is 1. The minimum absolute atomic E-state index is 0.746. The zero-order valence-electron chi connectivity index (χ0n) is 21.8. The topological polar surface area (TPSA) is 18.5 Å². The molecule has 0 bridgehead atoms. The van der Waals surface area contributed by atoms with Gasteiger partial charge in [-0.2, -0.15) is 0 Å². The number of nitrogens with one attached hydrogen (secondary N) is 1. The van der Waals surface area contributed by atoms with E-state index in [1.165, 1.54) is 36.2 Å². The molecule has 0 aliphatic carbocycles. The summed E-state index contributed by atoms with van der Waals surface area (Å²) >= 11 is 0. The van der Waals surface area contributed by atoms with E-state index in [9.17, 15) is 0 Å². The number of piperidine rings is 1. The number of benzene rings is 2. The van der Waals surface area contributed by atoms with Crippen molar-refractivity contribution in [3.05, 3.63) is 115 Å².